The molecule has 33 heavy (non-hydrogen) atoms. The minimum absolute atomic E-state index is 0.267. The van der Waals surface area contributed by atoms with Gasteiger partial charge in [-0.05, 0) is 69.7 Å². The molecule has 0 saturated heterocycles. The van der Waals surface area contributed by atoms with Crippen LogP contribution in [-0.4, -0.2) is 28.2 Å². The van der Waals surface area contributed by atoms with Crippen molar-refractivity contribution in [3.63, 3.8) is 0 Å². The summed E-state index contributed by atoms with van der Waals surface area (Å²) in [7, 11) is -4.06. The fraction of sp³-hybridized carbons (Fsp3) is 0.174. The van der Waals surface area contributed by atoms with Gasteiger partial charge in [0.15, 0.2) is 5.82 Å². The third kappa shape index (κ3) is 4.70. The van der Waals surface area contributed by atoms with Crippen molar-refractivity contribution in [2.75, 3.05) is 4.72 Å². The topological polar surface area (TPSA) is 99.0 Å². The van der Waals surface area contributed by atoms with Crippen LogP contribution in [0.4, 0.5) is 10.1 Å². The first-order valence-electron chi connectivity index (χ1n) is 10.1. The first-order chi connectivity index (χ1) is 15.6. The molecule has 1 N–H and O–H groups in total. The molecule has 0 aliphatic carbocycles. The first kappa shape index (κ1) is 22.4. The number of aryl methyl sites for hydroxylation is 2. The number of hydrogen-bond donors (Lipinski definition) is 1. The van der Waals surface area contributed by atoms with Crippen LogP contribution in [0.5, 0.6) is 11.6 Å². The molecule has 0 aliphatic rings. The van der Waals surface area contributed by atoms with Crippen molar-refractivity contribution < 1.29 is 17.5 Å². The van der Waals surface area contributed by atoms with Crippen molar-refractivity contribution in [1.82, 2.24) is 19.7 Å². The van der Waals surface area contributed by atoms with Gasteiger partial charge in [-0.25, -0.2) is 22.5 Å². The Morgan fingerprint density at radius 3 is 2.30 bits per heavy atom. The summed E-state index contributed by atoms with van der Waals surface area (Å²) in [6, 6.07) is 13.1. The van der Waals surface area contributed by atoms with Gasteiger partial charge in [0.05, 0.1) is 5.69 Å². The Labute approximate surface area is 191 Å². The van der Waals surface area contributed by atoms with E-state index in [0.29, 0.717) is 23.3 Å². The average Bonchev–Trinajstić information content (AvgIpc) is 3.02. The van der Waals surface area contributed by atoms with E-state index in [4.69, 9.17) is 4.74 Å². The Morgan fingerprint density at radius 1 is 0.970 bits per heavy atom. The van der Waals surface area contributed by atoms with E-state index in [1.165, 1.54) is 30.3 Å². The minimum Gasteiger partial charge on any atom is -0.439 e. The number of rotatable bonds is 6. The molecule has 2 heterocycles. The number of halogens is 1. The summed E-state index contributed by atoms with van der Waals surface area (Å²) >= 11 is 0. The summed E-state index contributed by atoms with van der Waals surface area (Å²) in [6.07, 6.45) is 0. The molecule has 0 bridgehead atoms. The van der Waals surface area contributed by atoms with Gasteiger partial charge >= 0.3 is 0 Å². The maximum absolute atomic E-state index is 13.9. The number of anilines is 1. The highest BCUT2D eigenvalue weighted by molar-refractivity contribution is 7.92. The second-order valence-electron chi connectivity index (χ2n) is 7.48. The number of ether oxygens (including phenoxy) is 1. The first-order valence-corrected chi connectivity index (χ1v) is 11.6. The van der Waals surface area contributed by atoms with Crippen LogP contribution in [0.15, 0.2) is 59.5 Å². The van der Waals surface area contributed by atoms with Gasteiger partial charge in [-0.2, -0.15) is 10.1 Å². The van der Waals surface area contributed by atoms with Gasteiger partial charge in [0.25, 0.3) is 10.0 Å². The SMILES string of the molecule is Cc1nc(Oc2ccc(NS(=O)(=O)c3ccccc3F)cc2)cc(-n2nc(C)c(C)c2C)n1. The fourth-order valence-electron chi connectivity index (χ4n) is 3.21. The Morgan fingerprint density at radius 2 is 1.67 bits per heavy atom. The standard InChI is InChI=1S/C23H22FN5O3S/c1-14-15(2)27-29(16(14)3)22-13-23(26-17(4)25-22)32-19-11-9-18(10-12-19)28-33(30,31)21-8-6-5-7-20(21)24/h5-13,28H,1-4H3. The Balaban J connectivity index is 1.54. The molecule has 2 aromatic heterocycles. The maximum Gasteiger partial charge on any atom is 0.264 e. The highest BCUT2D eigenvalue weighted by Gasteiger charge is 2.18. The summed E-state index contributed by atoms with van der Waals surface area (Å²) in [4.78, 5) is 8.35. The van der Waals surface area contributed by atoms with Crippen LogP contribution in [0.1, 0.15) is 22.8 Å². The molecular weight excluding hydrogens is 445 g/mol. The van der Waals surface area contributed by atoms with Gasteiger partial charge in [-0.1, -0.05) is 12.1 Å². The van der Waals surface area contributed by atoms with Crippen molar-refractivity contribution in [2.45, 2.75) is 32.6 Å². The van der Waals surface area contributed by atoms with Crippen molar-refractivity contribution in [3.05, 3.63) is 83.2 Å². The molecule has 0 fully saturated rings. The average molecular weight is 468 g/mol. The molecule has 170 valence electrons. The lowest BCUT2D eigenvalue weighted by Crippen LogP contribution is -2.14. The molecule has 0 aliphatic heterocycles. The smallest absolute Gasteiger partial charge is 0.264 e. The van der Waals surface area contributed by atoms with E-state index in [-0.39, 0.29) is 5.69 Å². The molecule has 0 unspecified atom stereocenters. The highest BCUT2D eigenvalue weighted by atomic mass is 32.2. The molecule has 8 nitrogen and oxygen atoms in total. The van der Waals surface area contributed by atoms with Crippen LogP contribution in [0.3, 0.4) is 0 Å². The monoisotopic (exact) mass is 467 g/mol. The summed E-state index contributed by atoms with van der Waals surface area (Å²) in [5.74, 6) is 1.04. The van der Waals surface area contributed by atoms with Gasteiger partial charge in [-0.15, -0.1) is 0 Å². The number of aromatic nitrogens is 4. The minimum atomic E-state index is -4.06. The lowest BCUT2D eigenvalue weighted by Gasteiger charge is -2.11. The summed E-state index contributed by atoms with van der Waals surface area (Å²) in [6.45, 7) is 7.66. The third-order valence-corrected chi connectivity index (χ3v) is 6.54. The molecule has 0 radical (unpaired) electrons. The van der Waals surface area contributed by atoms with E-state index in [2.05, 4.69) is 19.8 Å². The van der Waals surface area contributed by atoms with Crippen LogP contribution < -0.4 is 9.46 Å². The Kier molecular flexibility index (Phi) is 5.86. The zero-order valence-corrected chi connectivity index (χ0v) is 19.3. The van der Waals surface area contributed by atoms with Gasteiger partial charge < -0.3 is 4.74 Å². The van der Waals surface area contributed by atoms with E-state index in [0.717, 1.165) is 23.0 Å². The van der Waals surface area contributed by atoms with Gasteiger partial charge in [0.2, 0.25) is 5.88 Å². The lowest BCUT2D eigenvalue weighted by atomic mass is 10.2. The second-order valence-corrected chi connectivity index (χ2v) is 9.13. The normalized spacial score (nSPS) is 11.4. The van der Waals surface area contributed by atoms with Gasteiger partial charge in [-0.3, -0.25) is 4.72 Å². The van der Waals surface area contributed by atoms with Crippen molar-refractivity contribution in [2.24, 2.45) is 0 Å². The maximum atomic E-state index is 13.9. The predicted molar refractivity (Wildman–Crippen MR) is 122 cm³/mol. The third-order valence-electron chi connectivity index (χ3n) is 5.13. The van der Waals surface area contributed by atoms with Crippen molar-refractivity contribution in [3.8, 4) is 17.4 Å². The van der Waals surface area contributed by atoms with Crippen LogP contribution in [0.2, 0.25) is 0 Å². The molecule has 0 saturated carbocycles. The number of hydrogen-bond acceptors (Lipinski definition) is 6. The molecule has 2 aromatic carbocycles. The molecular formula is C23H22FN5O3S. The molecule has 4 aromatic rings. The van der Waals surface area contributed by atoms with E-state index in [9.17, 15) is 12.8 Å². The van der Waals surface area contributed by atoms with Crippen LogP contribution in [-0.2, 0) is 10.0 Å². The summed E-state index contributed by atoms with van der Waals surface area (Å²) < 4.78 is 48.7. The molecule has 4 rings (SSSR count). The van der Waals surface area contributed by atoms with Crippen molar-refractivity contribution in [1.29, 1.82) is 0 Å². The highest BCUT2D eigenvalue weighted by Crippen LogP contribution is 2.25. The number of sulfonamides is 1. The zero-order valence-electron chi connectivity index (χ0n) is 18.5. The molecule has 0 amide bonds. The molecule has 0 spiro atoms. The number of nitrogens with zero attached hydrogens (tertiary/aromatic N) is 4. The Bertz CT molecular complexity index is 1430. The van der Waals surface area contributed by atoms with Crippen LogP contribution in [0.25, 0.3) is 5.82 Å². The molecule has 10 heteroatoms. The lowest BCUT2D eigenvalue weighted by molar-refractivity contribution is 0.459. The largest absolute Gasteiger partial charge is 0.439 e. The second kappa shape index (κ2) is 8.62. The summed E-state index contributed by atoms with van der Waals surface area (Å²) in [5.41, 5.74) is 3.24. The van der Waals surface area contributed by atoms with E-state index in [1.54, 1.807) is 29.8 Å². The van der Waals surface area contributed by atoms with E-state index in [1.807, 2.05) is 20.8 Å². The predicted octanol–water partition coefficient (Wildman–Crippen LogP) is 4.63. The Hall–Kier alpha value is -3.79. The van der Waals surface area contributed by atoms with Gasteiger partial charge in [0, 0.05) is 17.4 Å². The van der Waals surface area contributed by atoms with Gasteiger partial charge in [0.1, 0.15) is 22.3 Å². The quantitative estimate of drug-likeness (QED) is 0.444. The van der Waals surface area contributed by atoms with E-state index < -0.39 is 20.7 Å². The van der Waals surface area contributed by atoms with Crippen molar-refractivity contribution >= 4 is 15.7 Å². The fourth-order valence-corrected chi connectivity index (χ4v) is 4.35. The van der Waals surface area contributed by atoms with Crippen LogP contribution >= 0.6 is 0 Å². The zero-order chi connectivity index (χ0) is 23.8. The van der Waals surface area contributed by atoms with E-state index >= 15 is 0 Å². The number of nitrogens with one attached hydrogen (secondary N) is 1. The summed E-state index contributed by atoms with van der Waals surface area (Å²) in [5, 5.41) is 4.53. The van der Waals surface area contributed by atoms with Crippen LogP contribution in [0, 0.1) is 33.5 Å². The molecule has 0 atom stereocenters. The number of benzene rings is 2.